The summed E-state index contributed by atoms with van der Waals surface area (Å²) in [4.78, 5) is 30.6. The van der Waals surface area contributed by atoms with Crippen molar-refractivity contribution in [1.82, 2.24) is 9.38 Å². The maximum atomic E-state index is 13.2. The summed E-state index contributed by atoms with van der Waals surface area (Å²) in [5.41, 5.74) is 1.67. The molecule has 0 N–H and O–H groups in total. The fourth-order valence-corrected chi connectivity index (χ4v) is 3.10. The highest BCUT2D eigenvalue weighted by atomic mass is 35.5. The first-order chi connectivity index (χ1) is 13.0. The maximum absolute atomic E-state index is 13.2. The molecule has 0 saturated heterocycles. The third-order valence-corrected chi connectivity index (χ3v) is 4.68. The Balaban J connectivity index is 1.89. The van der Waals surface area contributed by atoms with Gasteiger partial charge in [0.05, 0.1) is 0 Å². The van der Waals surface area contributed by atoms with Gasteiger partial charge in [0.25, 0.3) is 0 Å². The Morgan fingerprint density at radius 2 is 1.30 bits per heavy atom. The number of carbonyl (C=O) groups is 2. The number of nitrogens with zero attached hydrogens (tertiary/aromatic N) is 2. The molecule has 27 heavy (non-hydrogen) atoms. The van der Waals surface area contributed by atoms with Crippen LogP contribution < -0.4 is 0 Å². The van der Waals surface area contributed by atoms with E-state index in [0.29, 0.717) is 26.8 Å². The van der Waals surface area contributed by atoms with Crippen molar-refractivity contribution in [3.05, 3.63) is 105 Å². The van der Waals surface area contributed by atoms with E-state index in [9.17, 15) is 9.59 Å². The van der Waals surface area contributed by atoms with Crippen LogP contribution in [0.3, 0.4) is 0 Å². The van der Waals surface area contributed by atoms with E-state index in [4.69, 9.17) is 23.2 Å². The highest BCUT2D eigenvalue weighted by Gasteiger charge is 2.26. The molecule has 0 aliphatic rings. The number of carbonyl (C=O) groups excluding carboxylic acids is 2. The molecule has 4 nitrogen and oxygen atoms in total. The van der Waals surface area contributed by atoms with Crippen LogP contribution in [-0.4, -0.2) is 21.0 Å². The summed E-state index contributed by atoms with van der Waals surface area (Å²) in [5, 5.41) is 1.06. The summed E-state index contributed by atoms with van der Waals surface area (Å²) in [7, 11) is 0. The summed E-state index contributed by atoms with van der Waals surface area (Å²) in [6.45, 7) is 0. The molecule has 0 atom stereocenters. The number of imidazole rings is 1. The number of fused-ring (bicyclic) bond motifs is 1. The van der Waals surface area contributed by atoms with E-state index in [1.54, 1.807) is 77.3 Å². The summed E-state index contributed by atoms with van der Waals surface area (Å²) < 4.78 is 1.63. The molecule has 132 valence electrons. The van der Waals surface area contributed by atoms with Gasteiger partial charge in [-0.25, -0.2) is 4.98 Å². The first-order valence-electron chi connectivity index (χ1n) is 8.12. The van der Waals surface area contributed by atoms with Gasteiger partial charge in [0.2, 0.25) is 11.6 Å². The van der Waals surface area contributed by atoms with Crippen molar-refractivity contribution in [3.8, 4) is 0 Å². The Morgan fingerprint density at radius 1 is 0.741 bits per heavy atom. The van der Waals surface area contributed by atoms with Crippen LogP contribution in [0.2, 0.25) is 10.0 Å². The average molecular weight is 395 g/mol. The fraction of sp³-hybridized carbons (Fsp3) is 0. The summed E-state index contributed by atoms with van der Waals surface area (Å²) in [5.74, 6) is -0.643. The summed E-state index contributed by atoms with van der Waals surface area (Å²) >= 11 is 11.8. The lowest BCUT2D eigenvalue weighted by atomic mass is 10.0. The molecule has 0 fully saturated rings. The van der Waals surface area contributed by atoms with E-state index < -0.39 is 0 Å². The Morgan fingerprint density at radius 3 is 1.89 bits per heavy atom. The Bertz CT molecular complexity index is 1160. The molecule has 0 amide bonds. The first kappa shape index (κ1) is 17.5. The van der Waals surface area contributed by atoms with E-state index in [1.807, 2.05) is 0 Å². The molecular formula is C21H12Cl2N2O2. The molecule has 4 aromatic rings. The molecule has 2 aromatic carbocycles. The van der Waals surface area contributed by atoms with Crippen LogP contribution in [0.1, 0.15) is 32.1 Å². The van der Waals surface area contributed by atoms with Gasteiger partial charge in [0.1, 0.15) is 17.0 Å². The van der Waals surface area contributed by atoms with E-state index in [2.05, 4.69) is 4.98 Å². The number of hydrogen-bond acceptors (Lipinski definition) is 3. The second kappa shape index (κ2) is 6.99. The first-order valence-corrected chi connectivity index (χ1v) is 8.88. The Kier molecular flexibility index (Phi) is 4.52. The number of pyridine rings is 1. The Labute approximate surface area is 165 Å². The lowest BCUT2D eigenvalue weighted by Gasteiger charge is -2.05. The lowest BCUT2D eigenvalue weighted by Crippen LogP contribution is -2.12. The molecule has 2 heterocycles. The number of halogens is 2. The standard InChI is InChI=1S/C21H12Cl2N2O2/c22-15-8-4-13(5-9-15)20(26)18-19(25-12-2-1-3-17(25)24-18)21(27)14-6-10-16(23)11-7-14/h1-12H. The summed E-state index contributed by atoms with van der Waals surface area (Å²) in [6.07, 6.45) is 1.71. The van der Waals surface area contributed by atoms with Gasteiger partial charge in [-0.2, -0.15) is 0 Å². The van der Waals surface area contributed by atoms with Crippen molar-refractivity contribution in [1.29, 1.82) is 0 Å². The van der Waals surface area contributed by atoms with Crippen LogP contribution in [0.25, 0.3) is 5.65 Å². The van der Waals surface area contributed by atoms with Crippen molar-refractivity contribution in [2.45, 2.75) is 0 Å². The zero-order valence-corrected chi connectivity index (χ0v) is 15.4. The van der Waals surface area contributed by atoms with Gasteiger partial charge in [0, 0.05) is 27.4 Å². The van der Waals surface area contributed by atoms with Gasteiger partial charge in [-0.05, 0) is 60.7 Å². The normalized spacial score (nSPS) is 10.9. The smallest absolute Gasteiger partial charge is 0.213 e. The van der Waals surface area contributed by atoms with E-state index in [1.165, 1.54) is 0 Å². The molecule has 6 heteroatoms. The molecule has 0 unspecified atom stereocenters. The van der Waals surface area contributed by atoms with Crippen molar-refractivity contribution in [3.63, 3.8) is 0 Å². The Hall–Kier alpha value is -2.95. The minimum Gasteiger partial charge on any atom is -0.296 e. The SMILES string of the molecule is O=C(c1ccc(Cl)cc1)c1nc2ccccn2c1C(=O)c1ccc(Cl)cc1. The van der Waals surface area contributed by atoms with Crippen LogP contribution in [0.15, 0.2) is 72.9 Å². The molecule has 0 aliphatic heterocycles. The van der Waals surface area contributed by atoms with Gasteiger partial charge >= 0.3 is 0 Å². The monoisotopic (exact) mass is 394 g/mol. The quantitative estimate of drug-likeness (QED) is 0.452. The van der Waals surface area contributed by atoms with Crippen LogP contribution in [0.4, 0.5) is 0 Å². The van der Waals surface area contributed by atoms with Crippen LogP contribution >= 0.6 is 23.2 Å². The highest BCUT2D eigenvalue weighted by molar-refractivity contribution is 6.31. The van der Waals surface area contributed by atoms with Gasteiger partial charge in [-0.3, -0.25) is 14.0 Å². The molecule has 0 bridgehead atoms. The maximum Gasteiger partial charge on any atom is 0.213 e. The minimum atomic E-state index is -0.340. The molecule has 2 aromatic heterocycles. The minimum absolute atomic E-state index is 0.100. The van der Waals surface area contributed by atoms with Crippen LogP contribution in [0.5, 0.6) is 0 Å². The molecule has 4 rings (SSSR count). The largest absolute Gasteiger partial charge is 0.296 e. The van der Waals surface area contributed by atoms with Crippen LogP contribution in [0, 0.1) is 0 Å². The van der Waals surface area contributed by atoms with Gasteiger partial charge in [-0.1, -0.05) is 29.3 Å². The fourth-order valence-electron chi connectivity index (χ4n) is 2.85. The van der Waals surface area contributed by atoms with E-state index >= 15 is 0 Å². The van der Waals surface area contributed by atoms with Gasteiger partial charge in [-0.15, -0.1) is 0 Å². The number of aromatic nitrogens is 2. The number of benzene rings is 2. The third-order valence-electron chi connectivity index (χ3n) is 4.17. The highest BCUT2D eigenvalue weighted by Crippen LogP contribution is 2.22. The van der Waals surface area contributed by atoms with Crippen LogP contribution in [-0.2, 0) is 0 Å². The van der Waals surface area contributed by atoms with E-state index in [0.717, 1.165) is 0 Å². The number of rotatable bonds is 4. The average Bonchev–Trinajstić information content (AvgIpc) is 3.07. The molecular weight excluding hydrogens is 383 g/mol. The predicted molar refractivity (Wildman–Crippen MR) is 105 cm³/mol. The second-order valence-corrected chi connectivity index (χ2v) is 6.78. The molecule has 0 saturated carbocycles. The topological polar surface area (TPSA) is 51.4 Å². The number of hydrogen-bond donors (Lipinski definition) is 0. The number of ketones is 2. The van der Waals surface area contributed by atoms with Gasteiger partial charge < -0.3 is 0 Å². The van der Waals surface area contributed by atoms with Crippen molar-refractivity contribution >= 4 is 40.4 Å². The second-order valence-electron chi connectivity index (χ2n) is 5.91. The van der Waals surface area contributed by atoms with Crippen molar-refractivity contribution < 1.29 is 9.59 Å². The third kappa shape index (κ3) is 3.25. The van der Waals surface area contributed by atoms with Crippen molar-refractivity contribution in [2.75, 3.05) is 0 Å². The van der Waals surface area contributed by atoms with Crippen molar-refractivity contribution in [2.24, 2.45) is 0 Å². The van der Waals surface area contributed by atoms with E-state index in [-0.39, 0.29) is 23.0 Å². The van der Waals surface area contributed by atoms with Gasteiger partial charge in [0.15, 0.2) is 0 Å². The molecule has 0 radical (unpaired) electrons. The predicted octanol–water partition coefficient (Wildman–Crippen LogP) is 5.10. The molecule has 0 spiro atoms. The zero-order chi connectivity index (χ0) is 19.0. The lowest BCUT2D eigenvalue weighted by molar-refractivity contribution is 0.0997. The zero-order valence-electron chi connectivity index (χ0n) is 13.9. The summed E-state index contributed by atoms with van der Waals surface area (Å²) in [6, 6.07) is 18.4. The molecule has 0 aliphatic carbocycles.